The summed E-state index contributed by atoms with van der Waals surface area (Å²) in [7, 11) is -6.17. The summed E-state index contributed by atoms with van der Waals surface area (Å²) >= 11 is 0. The Morgan fingerprint density at radius 1 is 1.04 bits per heavy atom. The summed E-state index contributed by atoms with van der Waals surface area (Å²) in [5, 5.41) is 7.54. The van der Waals surface area contributed by atoms with E-state index in [0.717, 1.165) is 4.31 Å². The fourth-order valence-electron chi connectivity index (χ4n) is 2.23. The summed E-state index contributed by atoms with van der Waals surface area (Å²) in [6.07, 6.45) is 0. The van der Waals surface area contributed by atoms with Crippen LogP contribution in [0.2, 0.25) is 0 Å². The van der Waals surface area contributed by atoms with Gasteiger partial charge in [0.1, 0.15) is 0 Å². The average Bonchev–Trinajstić information content (AvgIpc) is 2.54. The summed E-state index contributed by atoms with van der Waals surface area (Å²) in [6.45, 7) is -0.392. The molecule has 3 N–H and O–H groups in total. The van der Waals surface area contributed by atoms with Crippen molar-refractivity contribution >= 4 is 31.6 Å². The molecule has 0 aromatic heterocycles. The smallest absolute Gasteiger partial charge is 0.243 e. The number of hydrogen-bond acceptors (Lipinski definition) is 5. The van der Waals surface area contributed by atoms with E-state index in [2.05, 4.69) is 5.32 Å². The summed E-state index contributed by atoms with van der Waals surface area (Å²) in [6, 6.07) is 13.9. The molecule has 0 saturated carbocycles. The van der Waals surface area contributed by atoms with E-state index in [9.17, 15) is 21.6 Å². The van der Waals surface area contributed by atoms with Gasteiger partial charge in [0.2, 0.25) is 26.0 Å². The Morgan fingerprint density at radius 2 is 1.69 bits per heavy atom. The average molecular weight is 397 g/mol. The molecule has 0 atom stereocenters. The minimum absolute atomic E-state index is 0.0884. The maximum absolute atomic E-state index is 12.4. The van der Waals surface area contributed by atoms with E-state index < -0.39 is 32.5 Å². The molecule has 0 unspecified atom stereocenters. The van der Waals surface area contributed by atoms with Crippen LogP contribution in [0.5, 0.6) is 0 Å². The third-order valence-electron chi connectivity index (χ3n) is 3.40. The van der Waals surface area contributed by atoms with Gasteiger partial charge in [-0.2, -0.15) is 4.31 Å². The molecular weight excluding hydrogens is 378 g/mol. The topological polar surface area (TPSA) is 127 Å². The Hall–Kier alpha value is -2.27. The molecule has 0 saturated heterocycles. The van der Waals surface area contributed by atoms with Crippen molar-refractivity contribution in [2.24, 2.45) is 5.14 Å². The molecule has 10 heteroatoms. The highest BCUT2D eigenvalue weighted by Gasteiger charge is 2.22. The number of nitrogens with zero attached hydrogens (tertiary/aromatic N) is 1. The highest BCUT2D eigenvalue weighted by Crippen LogP contribution is 2.15. The highest BCUT2D eigenvalue weighted by atomic mass is 32.2. The van der Waals surface area contributed by atoms with E-state index in [4.69, 9.17) is 5.14 Å². The van der Waals surface area contributed by atoms with Gasteiger partial charge in [-0.15, -0.1) is 0 Å². The SMILES string of the molecule is CN(CC(=O)Nc1cccc(CS(N)(=O)=O)c1)S(=O)(=O)c1ccccc1. The Kier molecular flexibility index (Phi) is 6.13. The molecular formula is C16H19N3O5S2. The number of amides is 1. The molecule has 0 spiro atoms. The Labute approximate surface area is 152 Å². The van der Waals surface area contributed by atoms with Crippen LogP contribution in [0.25, 0.3) is 0 Å². The number of rotatable bonds is 7. The normalized spacial score (nSPS) is 12.1. The lowest BCUT2D eigenvalue weighted by Gasteiger charge is -2.17. The molecule has 140 valence electrons. The number of nitrogens with one attached hydrogen (secondary N) is 1. The first-order valence-electron chi connectivity index (χ1n) is 7.48. The van der Waals surface area contributed by atoms with E-state index in [1.165, 1.54) is 25.2 Å². The van der Waals surface area contributed by atoms with Gasteiger partial charge in [-0.25, -0.2) is 22.0 Å². The quantitative estimate of drug-likeness (QED) is 0.712. The number of carbonyl (C=O) groups is 1. The maximum atomic E-state index is 12.4. The lowest BCUT2D eigenvalue weighted by Crippen LogP contribution is -2.34. The van der Waals surface area contributed by atoms with E-state index in [-0.39, 0.29) is 10.6 Å². The van der Waals surface area contributed by atoms with Crippen LogP contribution < -0.4 is 10.5 Å². The molecule has 0 fully saturated rings. The minimum atomic E-state index is -3.78. The molecule has 8 nitrogen and oxygen atoms in total. The van der Waals surface area contributed by atoms with Gasteiger partial charge < -0.3 is 5.32 Å². The second-order valence-corrected chi connectivity index (χ2v) is 9.29. The molecule has 0 aliphatic rings. The fraction of sp³-hybridized carbons (Fsp3) is 0.188. The zero-order valence-electron chi connectivity index (χ0n) is 14.0. The second kappa shape index (κ2) is 7.96. The monoisotopic (exact) mass is 397 g/mol. The zero-order valence-corrected chi connectivity index (χ0v) is 15.6. The van der Waals surface area contributed by atoms with Crippen molar-refractivity contribution in [1.82, 2.24) is 4.31 Å². The lowest BCUT2D eigenvalue weighted by molar-refractivity contribution is -0.116. The molecule has 0 bridgehead atoms. The number of anilines is 1. The van der Waals surface area contributed by atoms with Crippen molar-refractivity contribution in [1.29, 1.82) is 0 Å². The van der Waals surface area contributed by atoms with Crippen LogP contribution in [0.15, 0.2) is 59.5 Å². The summed E-state index contributed by atoms with van der Waals surface area (Å²) in [4.78, 5) is 12.2. The predicted octanol–water partition coefficient (Wildman–Crippen LogP) is 0.734. The summed E-state index contributed by atoms with van der Waals surface area (Å²) < 4.78 is 48.0. The van der Waals surface area contributed by atoms with Gasteiger partial charge in [0.25, 0.3) is 0 Å². The van der Waals surface area contributed by atoms with Crippen LogP contribution in [-0.4, -0.2) is 40.6 Å². The molecule has 0 radical (unpaired) electrons. The summed E-state index contributed by atoms with van der Waals surface area (Å²) in [5.74, 6) is -0.918. The number of nitrogens with two attached hydrogens (primary N) is 1. The van der Waals surface area contributed by atoms with Crippen LogP contribution >= 0.6 is 0 Å². The predicted molar refractivity (Wildman–Crippen MR) is 98.1 cm³/mol. The van der Waals surface area contributed by atoms with E-state index in [0.29, 0.717) is 11.3 Å². The molecule has 26 heavy (non-hydrogen) atoms. The standard InChI is InChI=1S/C16H19N3O5S2/c1-19(26(23,24)15-8-3-2-4-9-15)11-16(20)18-14-7-5-6-13(10-14)12-25(17,21)22/h2-10H,11-12H2,1H3,(H,18,20)(H2,17,21,22). The van der Waals surface area contributed by atoms with Crippen molar-refractivity contribution in [2.45, 2.75) is 10.6 Å². The van der Waals surface area contributed by atoms with Crippen LogP contribution in [0, 0.1) is 0 Å². The van der Waals surface area contributed by atoms with Crippen LogP contribution in [0.3, 0.4) is 0 Å². The largest absolute Gasteiger partial charge is 0.325 e. The molecule has 2 aromatic rings. The highest BCUT2D eigenvalue weighted by molar-refractivity contribution is 7.89. The van der Waals surface area contributed by atoms with Gasteiger partial charge in [-0.1, -0.05) is 30.3 Å². The molecule has 0 heterocycles. The number of hydrogen-bond donors (Lipinski definition) is 2. The molecule has 2 rings (SSSR count). The molecule has 2 aromatic carbocycles. The van der Waals surface area contributed by atoms with Crippen LogP contribution in [-0.2, 0) is 30.6 Å². The third kappa shape index (κ3) is 5.63. The Balaban J connectivity index is 2.06. The van der Waals surface area contributed by atoms with Crippen molar-refractivity contribution in [3.63, 3.8) is 0 Å². The van der Waals surface area contributed by atoms with Crippen LogP contribution in [0.1, 0.15) is 5.56 Å². The number of sulfonamides is 2. The van der Waals surface area contributed by atoms with Crippen molar-refractivity contribution in [3.8, 4) is 0 Å². The van der Waals surface area contributed by atoms with E-state index in [1.54, 1.807) is 36.4 Å². The van der Waals surface area contributed by atoms with Gasteiger partial charge in [0.15, 0.2) is 0 Å². The number of likely N-dealkylation sites (N-methyl/N-ethyl adjacent to an activating group) is 1. The second-order valence-electron chi connectivity index (χ2n) is 5.63. The maximum Gasteiger partial charge on any atom is 0.243 e. The first kappa shape index (κ1) is 20.0. The fourth-order valence-corrected chi connectivity index (χ4v) is 4.02. The number of primary sulfonamides is 1. The van der Waals surface area contributed by atoms with Crippen LogP contribution in [0.4, 0.5) is 5.69 Å². The first-order valence-corrected chi connectivity index (χ1v) is 10.6. The Bertz CT molecular complexity index is 990. The van der Waals surface area contributed by atoms with Gasteiger partial charge in [0, 0.05) is 12.7 Å². The molecule has 0 aliphatic carbocycles. The first-order chi connectivity index (χ1) is 12.1. The van der Waals surface area contributed by atoms with Gasteiger partial charge in [-0.3, -0.25) is 4.79 Å². The number of carbonyl (C=O) groups excluding carboxylic acids is 1. The van der Waals surface area contributed by atoms with Gasteiger partial charge in [0.05, 0.1) is 17.2 Å². The zero-order chi connectivity index (χ0) is 19.4. The van der Waals surface area contributed by atoms with Crippen molar-refractivity contribution in [3.05, 3.63) is 60.2 Å². The van der Waals surface area contributed by atoms with E-state index >= 15 is 0 Å². The summed E-state index contributed by atoms with van der Waals surface area (Å²) in [5.41, 5.74) is 0.761. The molecule has 1 amide bonds. The lowest BCUT2D eigenvalue weighted by atomic mass is 10.2. The minimum Gasteiger partial charge on any atom is -0.325 e. The van der Waals surface area contributed by atoms with Gasteiger partial charge in [-0.05, 0) is 29.8 Å². The third-order valence-corrected chi connectivity index (χ3v) is 5.95. The van der Waals surface area contributed by atoms with Crippen molar-refractivity contribution < 1.29 is 21.6 Å². The number of benzene rings is 2. The Morgan fingerprint density at radius 3 is 2.31 bits per heavy atom. The van der Waals surface area contributed by atoms with Crippen molar-refractivity contribution in [2.75, 3.05) is 18.9 Å². The molecule has 0 aliphatic heterocycles. The van der Waals surface area contributed by atoms with Gasteiger partial charge >= 0.3 is 0 Å². The van der Waals surface area contributed by atoms with E-state index in [1.807, 2.05) is 0 Å².